The van der Waals surface area contributed by atoms with Gasteiger partial charge in [0.2, 0.25) is 0 Å². The second kappa shape index (κ2) is 5.74. The highest BCUT2D eigenvalue weighted by molar-refractivity contribution is 7.09. The number of hydrogen-bond donors (Lipinski definition) is 0. The van der Waals surface area contributed by atoms with E-state index >= 15 is 0 Å². The van der Waals surface area contributed by atoms with Crippen LogP contribution in [0, 0.1) is 18.3 Å². The molecule has 0 fully saturated rings. The Morgan fingerprint density at radius 2 is 2.10 bits per heavy atom. The van der Waals surface area contributed by atoms with Crippen molar-refractivity contribution in [2.45, 2.75) is 19.6 Å². The highest BCUT2D eigenvalue weighted by Crippen LogP contribution is 2.34. The van der Waals surface area contributed by atoms with Crippen LogP contribution in [0.4, 0.5) is 18.9 Å². The average molecular weight is 311 g/mol. The van der Waals surface area contributed by atoms with Gasteiger partial charge >= 0.3 is 6.18 Å². The molecule has 1 aromatic heterocycles. The monoisotopic (exact) mass is 311 g/mol. The molecule has 0 unspecified atom stereocenters. The number of hydrogen-bond acceptors (Lipinski definition) is 4. The molecule has 110 valence electrons. The minimum Gasteiger partial charge on any atom is -0.368 e. The molecule has 3 nitrogen and oxygen atoms in total. The van der Waals surface area contributed by atoms with Crippen molar-refractivity contribution in [3.05, 3.63) is 45.4 Å². The third kappa shape index (κ3) is 3.52. The van der Waals surface area contributed by atoms with E-state index in [1.54, 1.807) is 18.0 Å². The summed E-state index contributed by atoms with van der Waals surface area (Å²) in [6, 6.07) is 5.28. The fourth-order valence-corrected chi connectivity index (χ4v) is 2.70. The molecule has 0 saturated heterocycles. The third-order valence-corrected chi connectivity index (χ3v) is 3.86. The number of aromatic nitrogens is 1. The normalized spacial score (nSPS) is 11.2. The zero-order valence-electron chi connectivity index (χ0n) is 11.4. The van der Waals surface area contributed by atoms with Crippen LogP contribution in [0.5, 0.6) is 0 Å². The van der Waals surface area contributed by atoms with Crippen molar-refractivity contribution in [1.29, 1.82) is 5.26 Å². The zero-order chi connectivity index (χ0) is 15.6. The molecule has 0 aliphatic carbocycles. The van der Waals surface area contributed by atoms with E-state index in [-0.39, 0.29) is 5.56 Å². The SMILES string of the molecule is Cc1csc(CN(C)c2ccc(C#N)c(C(F)(F)F)c2)n1. The smallest absolute Gasteiger partial charge is 0.368 e. The van der Waals surface area contributed by atoms with Crippen LogP contribution in [-0.2, 0) is 12.7 Å². The summed E-state index contributed by atoms with van der Waals surface area (Å²) in [6.07, 6.45) is -4.54. The van der Waals surface area contributed by atoms with Gasteiger partial charge in [-0.05, 0) is 25.1 Å². The van der Waals surface area contributed by atoms with Gasteiger partial charge < -0.3 is 4.90 Å². The Morgan fingerprint density at radius 1 is 1.38 bits per heavy atom. The quantitative estimate of drug-likeness (QED) is 0.861. The zero-order valence-corrected chi connectivity index (χ0v) is 12.2. The molecule has 0 saturated carbocycles. The van der Waals surface area contributed by atoms with E-state index in [1.165, 1.54) is 23.5 Å². The lowest BCUT2D eigenvalue weighted by atomic mass is 10.1. The van der Waals surface area contributed by atoms with Crippen LogP contribution in [0.2, 0.25) is 0 Å². The second-order valence-electron chi connectivity index (χ2n) is 4.58. The maximum absolute atomic E-state index is 12.9. The standard InChI is InChI=1S/C14H12F3N3S/c1-9-8-21-13(19-9)7-20(2)11-4-3-10(6-18)12(5-11)14(15,16)17/h3-5,8H,7H2,1-2H3. The number of anilines is 1. The van der Waals surface area contributed by atoms with Gasteiger partial charge in [-0.25, -0.2) is 4.98 Å². The van der Waals surface area contributed by atoms with E-state index < -0.39 is 11.7 Å². The molecule has 0 bridgehead atoms. The van der Waals surface area contributed by atoms with E-state index in [4.69, 9.17) is 5.26 Å². The predicted molar refractivity (Wildman–Crippen MR) is 75.1 cm³/mol. The molecule has 0 spiro atoms. The maximum Gasteiger partial charge on any atom is 0.417 e. The molecule has 21 heavy (non-hydrogen) atoms. The minimum atomic E-state index is -4.54. The molecule has 0 aliphatic heterocycles. The highest BCUT2D eigenvalue weighted by atomic mass is 32.1. The Morgan fingerprint density at radius 3 is 2.62 bits per heavy atom. The maximum atomic E-state index is 12.9. The Labute approximate surface area is 124 Å². The Bertz CT molecular complexity index is 686. The van der Waals surface area contributed by atoms with Crippen molar-refractivity contribution in [2.75, 3.05) is 11.9 Å². The van der Waals surface area contributed by atoms with Crippen molar-refractivity contribution in [2.24, 2.45) is 0 Å². The Hall–Kier alpha value is -2.07. The van der Waals surface area contributed by atoms with Crippen LogP contribution in [0.1, 0.15) is 21.8 Å². The molecule has 2 rings (SSSR count). The molecule has 2 aromatic rings. The summed E-state index contributed by atoms with van der Waals surface area (Å²) in [5, 5.41) is 11.5. The number of nitriles is 1. The van der Waals surface area contributed by atoms with Gasteiger partial charge in [-0.15, -0.1) is 11.3 Å². The number of aryl methyl sites for hydroxylation is 1. The largest absolute Gasteiger partial charge is 0.417 e. The molecule has 0 atom stereocenters. The Kier molecular flexibility index (Phi) is 4.19. The van der Waals surface area contributed by atoms with Gasteiger partial charge in [-0.1, -0.05) is 0 Å². The van der Waals surface area contributed by atoms with Crippen LogP contribution < -0.4 is 4.90 Å². The number of benzene rings is 1. The highest BCUT2D eigenvalue weighted by Gasteiger charge is 2.34. The molecule has 0 aliphatic rings. The number of alkyl halides is 3. The van der Waals surface area contributed by atoms with Crippen LogP contribution in [-0.4, -0.2) is 12.0 Å². The lowest BCUT2D eigenvalue weighted by molar-refractivity contribution is -0.137. The second-order valence-corrected chi connectivity index (χ2v) is 5.52. The molecule has 1 aromatic carbocycles. The van der Waals surface area contributed by atoms with Gasteiger partial charge in [0.1, 0.15) is 5.01 Å². The molecular weight excluding hydrogens is 299 g/mol. The summed E-state index contributed by atoms with van der Waals surface area (Å²) in [4.78, 5) is 5.96. The van der Waals surface area contributed by atoms with Crippen molar-refractivity contribution in [3.63, 3.8) is 0 Å². The van der Waals surface area contributed by atoms with Crippen molar-refractivity contribution < 1.29 is 13.2 Å². The van der Waals surface area contributed by atoms with Crippen LogP contribution in [0.25, 0.3) is 0 Å². The first-order valence-corrected chi connectivity index (χ1v) is 6.92. The molecular formula is C14H12F3N3S. The van der Waals surface area contributed by atoms with E-state index in [0.29, 0.717) is 12.2 Å². The number of thiazole rings is 1. The van der Waals surface area contributed by atoms with Crippen LogP contribution in [0.3, 0.4) is 0 Å². The van der Waals surface area contributed by atoms with Gasteiger partial charge in [0, 0.05) is 23.8 Å². The van der Waals surface area contributed by atoms with E-state index in [1.807, 2.05) is 12.3 Å². The van der Waals surface area contributed by atoms with E-state index in [9.17, 15) is 13.2 Å². The number of nitrogens with zero attached hydrogens (tertiary/aromatic N) is 3. The first-order valence-electron chi connectivity index (χ1n) is 6.04. The molecule has 0 N–H and O–H groups in total. The van der Waals surface area contributed by atoms with Gasteiger partial charge in [0.15, 0.2) is 0 Å². The first-order chi connectivity index (χ1) is 9.81. The summed E-state index contributed by atoms with van der Waals surface area (Å²) in [5.74, 6) is 0. The summed E-state index contributed by atoms with van der Waals surface area (Å²) < 4.78 is 38.8. The molecule has 0 amide bonds. The first kappa shape index (κ1) is 15.3. The molecule has 7 heteroatoms. The lowest BCUT2D eigenvalue weighted by Crippen LogP contribution is -2.18. The van der Waals surface area contributed by atoms with Crippen LogP contribution >= 0.6 is 11.3 Å². The lowest BCUT2D eigenvalue weighted by Gasteiger charge is -2.20. The van der Waals surface area contributed by atoms with Gasteiger partial charge in [-0.3, -0.25) is 0 Å². The van der Waals surface area contributed by atoms with Crippen LogP contribution in [0.15, 0.2) is 23.6 Å². The average Bonchev–Trinajstić information content (AvgIpc) is 2.82. The fraction of sp³-hybridized carbons (Fsp3) is 0.286. The molecule has 0 radical (unpaired) electrons. The van der Waals surface area contributed by atoms with Crippen molar-refractivity contribution in [1.82, 2.24) is 4.98 Å². The predicted octanol–water partition coefficient (Wildman–Crippen LogP) is 3.98. The van der Waals surface area contributed by atoms with E-state index in [0.717, 1.165) is 16.8 Å². The Balaban J connectivity index is 2.30. The number of rotatable bonds is 3. The third-order valence-electron chi connectivity index (χ3n) is 2.91. The molecule has 1 heterocycles. The minimum absolute atomic E-state index is 0.371. The topological polar surface area (TPSA) is 39.9 Å². The summed E-state index contributed by atoms with van der Waals surface area (Å²) in [7, 11) is 1.69. The summed E-state index contributed by atoms with van der Waals surface area (Å²) in [5.41, 5.74) is 0.00259. The van der Waals surface area contributed by atoms with E-state index in [2.05, 4.69) is 4.98 Å². The fourth-order valence-electron chi connectivity index (χ4n) is 1.87. The van der Waals surface area contributed by atoms with Crippen molar-refractivity contribution in [3.8, 4) is 6.07 Å². The summed E-state index contributed by atoms with van der Waals surface area (Å²) in [6.45, 7) is 2.28. The van der Waals surface area contributed by atoms with Crippen molar-refractivity contribution >= 4 is 17.0 Å². The number of halogens is 3. The van der Waals surface area contributed by atoms with Gasteiger partial charge in [-0.2, -0.15) is 18.4 Å². The van der Waals surface area contributed by atoms with Gasteiger partial charge in [0.25, 0.3) is 0 Å². The van der Waals surface area contributed by atoms with Gasteiger partial charge in [0.05, 0.1) is 23.7 Å². The summed E-state index contributed by atoms with van der Waals surface area (Å²) >= 11 is 1.46.